The highest BCUT2D eigenvalue weighted by molar-refractivity contribution is 6.03. The summed E-state index contributed by atoms with van der Waals surface area (Å²) in [4.78, 5) is 37.4. The third-order valence-corrected chi connectivity index (χ3v) is 4.17. The molecule has 1 heterocycles. The lowest BCUT2D eigenvalue weighted by molar-refractivity contribution is -0.136. The molecule has 1 atom stereocenters. The first-order chi connectivity index (χ1) is 11.4. The Kier molecular flexibility index (Phi) is 7.62. The molecule has 0 aliphatic carbocycles. The highest BCUT2D eigenvalue weighted by Crippen LogP contribution is 2.31. The Hall–Kier alpha value is -2.17. The Morgan fingerprint density at radius 2 is 2.04 bits per heavy atom. The lowest BCUT2D eigenvalue weighted by atomic mass is 9.92. The van der Waals surface area contributed by atoms with Crippen molar-refractivity contribution in [2.24, 2.45) is 5.92 Å². The summed E-state index contributed by atoms with van der Waals surface area (Å²) in [5, 5.41) is 2.59. The minimum atomic E-state index is -0.615. The molecule has 0 bridgehead atoms. The lowest BCUT2D eigenvalue weighted by Gasteiger charge is -2.27. The molecule has 1 rings (SSSR count). The van der Waals surface area contributed by atoms with Crippen LogP contribution < -0.4 is 5.32 Å². The number of aldehydes is 1. The minimum Gasteiger partial charge on any atom is -0.357 e. The van der Waals surface area contributed by atoms with Gasteiger partial charge in [-0.05, 0) is 37.3 Å². The first-order valence-electron chi connectivity index (χ1n) is 8.38. The van der Waals surface area contributed by atoms with E-state index in [-0.39, 0.29) is 24.2 Å². The number of allylic oxidation sites excluding steroid dienone is 3. The summed E-state index contributed by atoms with van der Waals surface area (Å²) in [7, 11) is 1.55. The molecule has 0 aromatic heterocycles. The molecule has 1 aliphatic rings. The molecular weight excluding hydrogens is 304 g/mol. The van der Waals surface area contributed by atoms with E-state index in [1.165, 1.54) is 0 Å². The van der Waals surface area contributed by atoms with E-state index in [1.54, 1.807) is 11.9 Å². The van der Waals surface area contributed by atoms with Crippen LogP contribution in [-0.4, -0.2) is 42.6 Å². The smallest absolute Gasteiger partial charge is 0.255 e. The predicted octanol–water partition coefficient (Wildman–Crippen LogP) is 2.40. The van der Waals surface area contributed by atoms with E-state index in [4.69, 9.17) is 0 Å². The van der Waals surface area contributed by atoms with Crippen LogP contribution in [0.5, 0.6) is 0 Å². The van der Waals surface area contributed by atoms with Gasteiger partial charge in [0.25, 0.3) is 5.91 Å². The van der Waals surface area contributed by atoms with Crippen LogP contribution >= 0.6 is 0 Å². The number of amides is 2. The predicted molar refractivity (Wildman–Crippen MR) is 95.3 cm³/mol. The van der Waals surface area contributed by atoms with E-state index >= 15 is 0 Å². The average Bonchev–Trinajstić information content (AvgIpc) is 2.83. The van der Waals surface area contributed by atoms with Crippen molar-refractivity contribution in [3.05, 3.63) is 34.9 Å². The quantitative estimate of drug-likeness (QED) is 0.548. The van der Waals surface area contributed by atoms with Crippen molar-refractivity contribution in [1.82, 2.24) is 10.2 Å². The Bertz CT molecular complexity index is 585. The fourth-order valence-corrected chi connectivity index (χ4v) is 2.94. The molecule has 0 spiro atoms. The van der Waals surface area contributed by atoms with Gasteiger partial charge in [-0.2, -0.15) is 0 Å². The molecule has 0 aromatic rings. The van der Waals surface area contributed by atoms with Crippen LogP contribution in [0.25, 0.3) is 0 Å². The molecule has 5 nitrogen and oxygen atoms in total. The molecule has 5 heteroatoms. The summed E-state index contributed by atoms with van der Waals surface area (Å²) in [6.07, 6.45) is 7.18. The SMILES string of the molecule is C/C=C/C=C(\C1=C(C)CN(C(CCC=O)C(=O)NC)C1=O)C(C)C. The highest BCUT2D eigenvalue weighted by Gasteiger charge is 2.37. The number of hydrogen-bond acceptors (Lipinski definition) is 3. The first-order valence-corrected chi connectivity index (χ1v) is 8.38. The van der Waals surface area contributed by atoms with Crippen LogP contribution in [0.2, 0.25) is 0 Å². The van der Waals surface area contributed by atoms with Crippen molar-refractivity contribution in [2.75, 3.05) is 13.6 Å². The van der Waals surface area contributed by atoms with E-state index in [0.717, 1.165) is 17.4 Å². The van der Waals surface area contributed by atoms with Gasteiger partial charge in [-0.3, -0.25) is 9.59 Å². The Morgan fingerprint density at radius 1 is 1.38 bits per heavy atom. The molecule has 1 aliphatic heterocycles. The Labute approximate surface area is 144 Å². The van der Waals surface area contributed by atoms with Crippen LogP contribution in [0.15, 0.2) is 34.9 Å². The zero-order valence-electron chi connectivity index (χ0n) is 15.3. The van der Waals surface area contributed by atoms with Gasteiger partial charge in [0.15, 0.2) is 0 Å². The minimum absolute atomic E-state index is 0.128. The molecule has 132 valence electrons. The maximum absolute atomic E-state index is 13.0. The van der Waals surface area contributed by atoms with Gasteiger partial charge >= 0.3 is 0 Å². The number of hydrogen-bond donors (Lipinski definition) is 1. The second-order valence-corrected chi connectivity index (χ2v) is 6.26. The lowest BCUT2D eigenvalue weighted by Crippen LogP contribution is -2.47. The Morgan fingerprint density at radius 3 is 2.54 bits per heavy atom. The van der Waals surface area contributed by atoms with Gasteiger partial charge < -0.3 is 15.0 Å². The maximum atomic E-state index is 13.0. The van der Waals surface area contributed by atoms with Crippen LogP contribution in [0.3, 0.4) is 0 Å². The molecule has 0 saturated carbocycles. The summed E-state index contributed by atoms with van der Waals surface area (Å²) in [6, 6.07) is -0.615. The van der Waals surface area contributed by atoms with Crippen molar-refractivity contribution in [3.63, 3.8) is 0 Å². The normalized spacial score (nSPS) is 17.2. The largest absolute Gasteiger partial charge is 0.357 e. The molecule has 0 radical (unpaired) electrons. The van der Waals surface area contributed by atoms with Gasteiger partial charge in [-0.25, -0.2) is 0 Å². The van der Waals surface area contributed by atoms with Crippen LogP contribution in [0.1, 0.15) is 40.5 Å². The average molecular weight is 332 g/mol. The standard InChI is InChI=1S/C19H28N2O3/c1-6-7-9-15(13(2)3)17-14(4)12-21(19(17)24)16(10-8-11-22)18(23)20-5/h6-7,9,11,13,16H,8,10,12H2,1-5H3,(H,20,23)/b7-6+,15-9-. The van der Waals surface area contributed by atoms with Crippen molar-refractivity contribution in [2.45, 2.75) is 46.6 Å². The van der Waals surface area contributed by atoms with E-state index in [9.17, 15) is 14.4 Å². The summed E-state index contributed by atoms with van der Waals surface area (Å²) < 4.78 is 0. The molecule has 0 fully saturated rings. The van der Waals surface area contributed by atoms with E-state index in [0.29, 0.717) is 18.5 Å². The Balaban J connectivity index is 3.17. The second-order valence-electron chi connectivity index (χ2n) is 6.26. The fourth-order valence-electron chi connectivity index (χ4n) is 2.94. The third kappa shape index (κ3) is 4.43. The van der Waals surface area contributed by atoms with Crippen molar-refractivity contribution < 1.29 is 14.4 Å². The molecular formula is C19H28N2O3. The van der Waals surface area contributed by atoms with Gasteiger partial charge in [-0.15, -0.1) is 0 Å². The number of carbonyl (C=O) groups excluding carboxylic acids is 3. The first kappa shape index (κ1) is 19.9. The highest BCUT2D eigenvalue weighted by atomic mass is 16.2. The van der Waals surface area contributed by atoms with Crippen molar-refractivity contribution in [1.29, 1.82) is 0 Å². The van der Waals surface area contributed by atoms with Crippen LogP contribution in [0, 0.1) is 5.92 Å². The number of likely N-dealkylation sites (N-methyl/N-ethyl adjacent to an activating group) is 1. The summed E-state index contributed by atoms with van der Waals surface area (Å²) in [6.45, 7) is 8.38. The second kappa shape index (κ2) is 9.21. The van der Waals surface area contributed by atoms with Gasteiger partial charge in [0.2, 0.25) is 5.91 Å². The van der Waals surface area contributed by atoms with Gasteiger partial charge in [0, 0.05) is 25.6 Å². The van der Waals surface area contributed by atoms with E-state index < -0.39 is 6.04 Å². The zero-order valence-corrected chi connectivity index (χ0v) is 15.3. The molecule has 2 amide bonds. The molecule has 1 N–H and O–H groups in total. The van der Waals surface area contributed by atoms with Crippen LogP contribution in [-0.2, 0) is 14.4 Å². The van der Waals surface area contributed by atoms with Crippen molar-refractivity contribution in [3.8, 4) is 0 Å². The van der Waals surface area contributed by atoms with Crippen molar-refractivity contribution >= 4 is 18.1 Å². The summed E-state index contributed by atoms with van der Waals surface area (Å²) in [5.74, 6) is -0.164. The van der Waals surface area contributed by atoms with E-state index in [1.807, 2.05) is 45.9 Å². The number of rotatable bonds is 8. The number of nitrogens with zero attached hydrogens (tertiary/aromatic N) is 1. The monoisotopic (exact) mass is 332 g/mol. The topological polar surface area (TPSA) is 66.5 Å². The van der Waals surface area contributed by atoms with Gasteiger partial charge in [0.1, 0.15) is 12.3 Å². The number of nitrogens with one attached hydrogen (secondary N) is 1. The fraction of sp³-hybridized carbons (Fsp3) is 0.526. The summed E-state index contributed by atoms with van der Waals surface area (Å²) in [5.41, 5.74) is 2.64. The third-order valence-electron chi connectivity index (χ3n) is 4.17. The molecule has 0 saturated heterocycles. The van der Waals surface area contributed by atoms with E-state index in [2.05, 4.69) is 5.32 Å². The number of carbonyl (C=O) groups is 3. The van der Waals surface area contributed by atoms with Gasteiger partial charge in [0.05, 0.1) is 0 Å². The maximum Gasteiger partial charge on any atom is 0.255 e. The van der Waals surface area contributed by atoms with Gasteiger partial charge in [-0.1, -0.05) is 32.1 Å². The zero-order chi connectivity index (χ0) is 18.3. The van der Waals surface area contributed by atoms with Crippen LogP contribution in [0.4, 0.5) is 0 Å². The molecule has 1 unspecified atom stereocenters. The summed E-state index contributed by atoms with van der Waals surface area (Å²) >= 11 is 0. The molecule has 24 heavy (non-hydrogen) atoms. The molecule has 0 aromatic carbocycles.